The molecule has 0 radical (unpaired) electrons. The first-order chi connectivity index (χ1) is 9.67. The summed E-state index contributed by atoms with van der Waals surface area (Å²) in [5.41, 5.74) is 1.15. The average Bonchev–Trinajstić information content (AvgIpc) is 2.82. The number of thiazole rings is 1. The molecule has 1 N–H and O–H groups in total. The van der Waals surface area contributed by atoms with E-state index in [0.717, 1.165) is 49.9 Å². The Morgan fingerprint density at radius 1 is 1.30 bits per heavy atom. The Hall–Kier alpha value is -0.650. The molecule has 0 atom stereocenters. The Bertz CT molecular complexity index is 377. The Morgan fingerprint density at radius 3 is 2.55 bits per heavy atom. The maximum atomic E-state index is 5.26. The van der Waals surface area contributed by atoms with Crippen molar-refractivity contribution in [3.05, 3.63) is 10.6 Å². The van der Waals surface area contributed by atoms with Gasteiger partial charge in [0.2, 0.25) is 0 Å². The summed E-state index contributed by atoms with van der Waals surface area (Å²) in [4.78, 5) is 8.54. The predicted octanol–water partition coefficient (Wildman–Crippen LogP) is 3.20. The number of rotatable bonds is 10. The molecule has 20 heavy (non-hydrogen) atoms. The molecule has 1 heterocycles. The van der Waals surface area contributed by atoms with E-state index in [0.29, 0.717) is 6.04 Å². The number of aromatic nitrogens is 1. The fourth-order valence-electron chi connectivity index (χ4n) is 2.29. The number of methoxy groups -OCH3 is 1. The van der Waals surface area contributed by atoms with Gasteiger partial charge in [-0.25, -0.2) is 4.98 Å². The fraction of sp³-hybridized carbons (Fsp3) is 0.800. The van der Waals surface area contributed by atoms with Crippen molar-refractivity contribution in [3.8, 4) is 0 Å². The first-order valence-corrected chi connectivity index (χ1v) is 8.42. The largest absolute Gasteiger partial charge is 0.383 e. The lowest BCUT2D eigenvalue weighted by Crippen LogP contribution is -2.37. The minimum Gasteiger partial charge on any atom is -0.383 e. The van der Waals surface area contributed by atoms with Gasteiger partial charge in [-0.15, -0.1) is 11.3 Å². The lowest BCUT2D eigenvalue weighted by molar-refractivity contribution is 0.202. The molecule has 0 aliphatic rings. The van der Waals surface area contributed by atoms with Crippen LogP contribution in [0.4, 0.5) is 5.13 Å². The number of ether oxygens (including phenoxy) is 1. The third-order valence-corrected chi connectivity index (χ3v) is 4.78. The van der Waals surface area contributed by atoms with E-state index in [1.165, 1.54) is 4.88 Å². The van der Waals surface area contributed by atoms with Crippen LogP contribution in [0.1, 0.15) is 44.2 Å². The standard InChI is InChI=1S/C15H29N3OS/c1-6-13(7-2)18(9-10-19-5)15-17-12(4)14(20-15)11-16-8-3/h13,16H,6-11H2,1-5H3. The highest BCUT2D eigenvalue weighted by Gasteiger charge is 2.20. The molecule has 116 valence electrons. The van der Waals surface area contributed by atoms with Crippen LogP contribution in [-0.4, -0.2) is 37.8 Å². The highest BCUT2D eigenvalue weighted by Crippen LogP contribution is 2.28. The summed E-state index contributed by atoms with van der Waals surface area (Å²) in [6.45, 7) is 12.3. The molecule has 0 saturated carbocycles. The highest BCUT2D eigenvalue weighted by molar-refractivity contribution is 7.15. The maximum Gasteiger partial charge on any atom is 0.186 e. The van der Waals surface area contributed by atoms with Crippen LogP contribution in [0.15, 0.2) is 0 Å². The van der Waals surface area contributed by atoms with E-state index in [4.69, 9.17) is 9.72 Å². The van der Waals surface area contributed by atoms with Crippen LogP contribution in [0.3, 0.4) is 0 Å². The summed E-state index contributed by atoms with van der Waals surface area (Å²) >= 11 is 1.81. The van der Waals surface area contributed by atoms with E-state index in [-0.39, 0.29) is 0 Å². The van der Waals surface area contributed by atoms with E-state index in [1.54, 1.807) is 7.11 Å². The second-order valence-electron chi connectivity index (χ2n) is 4.94. The monoisotopic (exact) mass is 299 g/mol. The predicted molar refractivity (Wildman–Crippen MR) is 87.8 cm³/mol. The van der Waals surface area contributed by atoms with Crippen LogP contribution in [0.25, 0.3) is 0 Å². The van der Waals surface area contributed by atoms with E-state index in [1.807, 2.05) is 11.3 Å². The van der Waals surface area contributed by atoms with Gasteiger partial charge >= 0.3 is 0 Å². The van der Waals surface area contributed by atoms with E-state index >= 15 is 0 Å². The van der Waals surface area contributed by atoms with Crippen LogP contribution in [0, 0.1) is 6.92 Å². The van der Waals surface area contributed by atoms with Crippen LogP contribution < -0.4 is 10.2 Å². The van der Waals surface area contributed by atoms with Gasteiger partial charge in [-0.05, 0) is 26.3 Å². The van der Waals surface area contributed by atoms with Gasteiger partial charge in [0.1, 0.15) is 0 Å². The summed E-state index contributed by atoms with van der Waals surface area (Å²) in [6, 6.07) is 0.544. The van der Waals surface area contributed by atoms with Crippen molar-refractivity contribution < 1.29 is 4.74 Å². The molecule has 0 aliphatic heterocycles. The smallest absolute Gasteiger partial charge is 0.186 e. The summed E-state index contributed by atoms with van der Waals surface area (Å²) < 4.78 is 5.26. The first-order valence-electron chi connectivity index (χ1n) is 7.60. The second-order valence-corrected chi connectivity index (χ2v) is 6.00. The van der Waals surface area contributed by atoms with Gasteiger partial charge in [0.15, 0.2) is 5.13 Å². The summed E-state index contributed by atoms with van der Waals surface area (Å²) in [5.74, 6) is 0. The number of hydrogen-bond donors (Lipinski definition) is 1. The maximum absolute atomic E-state index is 5.26. The molecule has 0 saturated heterocycles. The van der Waals surface area contributed by atoms with Crippen molar-refractivity contribution in [1.29, 1.82) is 0 Å². The van der Waals surface area contributed by atoms with Gasteiger partial charge in [0.05, 0.1) is 12.3 Å². The molecule has 0 bridgehead atoms. The second kappa shape index (κ2) is 9.32. The van der Waals surface area contributed by atoms with Gasteiger partial charge in [0, 0.05) is 31.1 Å². The van der Waals surface area contributed by atoms with Crippen molar-refractivity contribution in [1.82, 2.24) is 10.3 Å². The molecule has 0 aromatic carbocycles. The topological polar surface area (TPSA) is 37.4 Å². The third kappa shape index (κ3) is 4.72. The van der Waals surface area contributed by atoms with E-state index in [2.05, 4.69) is 37.9 Å². The van der Waals surface area contributed by atoms with Crippen LogP contribution in [0.2, 0.25) is 0 Å². The number of aryl methyl sites for hydroxylation is 1. The lowest BCUT2D eigenvalue weighted by Gasteiger charge is -2.30. The van der Waals surface area contributed by atoms with Crippen molar-refractivity contribution in [2.75, 3.05) is 31.7 Å². The number of hydrogen-bond acceptors (Lipinski definition) is 5. The molecule has 1 rings (SSSR count). The highest BCUT2D eigenvalue weighted by atomic mass is 32.1. The molecule has 0 spiro atoms. The van der Waals surface area contributed by atoms with Gasteiger partial charge in [-0.2, -0.15) is 0 Å². The van der Waals surface area contributed by atoms with Gasteiger partial charge in [0.25, 0.3) is 0 Å². The molecule has 4 nitrogen and oxygen atoms in total. The van der Waals surface area contributed by atoms with Crippen LogP contribution in [0.5, 0.6) is 0 Å². The fourth-order valence-corrected chi connectivity index (χ4v) is 3.42. The Balaban J connectivity index is 2.88. The first kappa shape index (κ1) is 17.4. The van der Waals surface area contributed by atoms with Crippen LogP contribution in [-0.2, 0) is 11.3 Å². The summed E-state index contributed by atoms with van der Waals surface area (Å²) in [5, 5.41) is 4.53. The summed E-state index contributed by atoms with van der Waals surface area (Å²) in [7, 11) is 1.76. The average molecular weight is 299 g/mol. The molecule has 0 unspecified atom stereocenters. The molecule has 0 fully saturated rings. The molecule has 1 aromatic heterocycles. The third-order valence-electron chi connectivity index (χ3n) is 3.58. The van der Waals surface area contributed by atoms with Crippen molar-refractivity contribution in [3.63, 3.8) is 0 Å². The summed E-state index contributed by atoms with van der Waals surface area (Å²) in [6.07, 6.45) is 2.28. The lowest BCUT2D eigenvalue weighted by atomic mass is 10.1. The normalized spacial score (nSPS) is 11.3. The molecule has 1 aromatic rings. The molecular weight excluding hydrogens is 270 g/mol. The zero-order valence-electron chi connectivity index (χ0n) is 13.5. The van der Waals surface area contributed by atoms with Crippen LogP contribution >= 0.6 is 11.3 Å². The van der Waals surface area contributed by atoms with E-state index in [9.17, 15) is 0 Å². The van der Waals surface area contributed by atoms with E-state index < -0.39 is 0 Å². The molecule has 0 aliphatic carbocycles. The van der Waals surface area contributed by atoms with Gasteiger partial charge < -0.3 is 15.0 Å². The van der Waals surface area contributed by atoms with Gasteiger partial charge in [-0.1, -0.05) is 20.8 Å². The Labute approximate surface area is 127 Å². The zero-order chi connectivity index (χ0) is 15.0. The minimum absolute atomic E-state index is 0.544. The van der Waals surface area contributed by atoms with Gasteiger partial charge in [-0.3, -0.25) is 0 Å². The molecular formula is C15H29N3OS. The molecule has 0 amide bonds. The van der Waals surface area contributed by atoms with Crippen molar-refractivity contribution >= 4 is 16.5 Å². The number of nitrogens with one attached hydrogen (secondary N) is 1. The Kier molecular flexibility index (Phi) is 8.11. The van der Waals surface area contributed by atoms with Crippen molar-refractivity contribution in [2.45, 2.75) is 53.1 Å². The SMILES string of the molecule is CCNCc1sc(N(CCOC)C(CC)CC)nc1C. The number of anilines is 1. The Morgan fingerprint density at radius 2 is 2.00 bits per heavy atom. The molecule has 5 heteroatoms. The quantitative estimate of drug-likeness (QED) is 0.720. The zero-order valence-corrected chi connectivity index (χ0v) is 14.3. The van der Waals surface area contributed by atoms with Crippen molar-refractivity contribution in [2.24, 2.45) is 0 Å². The number of nitrogens with zero attached hydrogens (tertiary/aromatic N) is 2. The minimum atomic E-state index is 0.544.